The zero-order valence-electron chi connectivity index (χ0n) is 12.7. The second-order valence-corrected chi connectivity index (χ2v) is 4.90. The maximum Gasteiger partial charge on any atom is 0.267 e. The van der Waals surface area contributed by atoms with E-state index in [1.807, 2.05) is 0 Å². The number of nitrogens with zero attached hydrogens (tertiary/aromatic N) is 1. The first-order chi connectivity index (χ1) is 10.9. The van der Waals surface area contributed by atoms with Crippen molar-refractivity contribution in [3.05, 3.63) is 59.9 Å². The minimum atomic E-state index is -1.03. The van der Waals surface area contributed by atoms with E-state index in [2.05, 4.69) is 0 Å². The van der Waals surface area contributed by atoms with Crippen molar-refractivity contribution in [2.45, 2.75) is 20.0 Å². The number of ether oxygens (including phenoxy) is 1. The summed E-state index contributed by atoms with van der Waals surface area (Å²) in [6, 6.07) is 8.64. The molecule has 1 unspecified atom stereocenters. The highest BCUT2D eigenvalue weighted by molar-refractivity contribution is 5.96. The van der Waals surface area contributed by atoms with Gasteiger partial charge < -0.3 is 9.64 Å². The molecule has 0 fully saturated rings. The molecule has 6 heteroatoms. The van der Waals surface area contributed by atoms with E-state index in [-0.39, 0.29) is 18.0 Å². The number of halogens is 3. The molecule has 0 spiro atoms. The number of rotatable bonds is 5. The smallest absolute Gasteiger partial charge is 0.267 e. The summed E-state index contributed by atoms with van der Waals surface area (Å²) < 4.78 is 44.9. The Hall–Kier alpha value is -2.50. The molecule has 0 saturated carbocycles. The Bertz CT molecular complexity index is 706. The van der Waals surface area contributed by atoms with Crippen LogP contribution >= 0.6 is 0 Å². The van der Waals surface area contributed by atoms with Crippen LogP contribution in [-0.2, 0) is 4.79 Å². The van der Waals surface area contributed by atoms with Gasteiger partial charge in [-0.2, -0.15) is 0 Å². The van der Waals surface area contributed by atoms with Crippen LogP contribution in [0.15, 0.2) is 42.5 Å². The molecule has 0 aromatic heterocycles. The fourth-order valence-electron chi connectivity index (χ4n) is 2.13. The summed E-state index contributed by atoms with van der Waals surface area (Å²) in [5.74, 6) is -2.72. The molecule has 0 radical (unpaired) electrons. The maximum atomic E-state index is 13.3. The Morgan fingerprint density at radius 2 is 1.87 bits per heavy atom. The molecule has 0 saturated heterocycles. The van der Waals surface area contributed by atoms with Crippen LogP contribution in [0.1, 0.15) is 13.8 Å². The summed E-state index contributed by atoms with van der Waals surface area (Å²) in [5, 5.41) is 0. The first-order valence-electron chi connectivity index (χ1n) is 7.11. The summed E-state index contributed by atoms with van der Waals surface area (Å²) in [6.45, 7) is 3.46. The van der Waals surface area contributed by atoms with Crippen LogP contribution in [0.2, 0.25) is 0 Å². The normalized spacial score (nSPS) is 11.9. The molecule has 23 heavy (non-hydrogen) atoms. The van der Waals surface area contributed by atoms with E-state index in [9.17, 15) is 18.0 Å². The monoisotopic (exact) mass is 323 g/mol. The van der Waals surface area contributed by atoms with Crippen molar-refractivity contribution in [1.29, 1.82) is 0 Å². The fraction of sp³-hybridized carbons (Fsp3) is 0.235. The Labute approximate surface area is 132 Å². The lowest BCUT2D eigenvalue weighted by atomic mass is 10.2. The van der Waals surface area contributed by atoms with Crippen LogP contribution < -0.4 is 9.64 Å². The van der Waals surface area contributed by atoms with Gasteiger partial charge in [-0.3, -0.25) is 4.79 Å². The molecular formula is C17H16F3NO2. The zero-order chi connectivity index (χ0) is 17.0. The van der Waals surface area contributed by atoms with Crippen LogP contribution in [0.25, 0.3) is 0 Å². The zero-order valence-corrected chi connectivity index (χ0v) is 12.7. The summed E-state index contributed by atoms with van der Waals surface area (Å²) in [5.41, 5.74) is 0.228. The SMILES string of the molecule is CCN(C(=O)C(C)Oc1cccc(F)c1)c1ccc(F)c(F)c1. The van der Waals surface area contributed by atoms with Gasteiger partial charge >= 0.3 is 0 Å². The number of anilines is 1. The lowest BCUT2D eigenvalue weighted by Crippen LogP contribution is -2.40. The number of hydrogen-bond acceptors (Lipinski definition) is 2. The molecule has 0 aliphatic rings. The Morgan fingerprint density at radius 1 is 1.13 bits per heavy atom. The number of benzene rings is 2. The molecular weight excluding hydrogens is 307 g/mol. The third kappa shape index (κ3) is 4.03. The largest absolute Gasteiger partial charge is 0.481 e. The van der Waals surface area contributed by atoms with Gasteiger partial charge in [0.05, 0.1) is 0 Å². The van der Waals surface area contributed by atoms with Gasteiger partial charge in [-0.15, -0.1) is 0 Å². The lowest BCUT2D eigenvalue weighted by Gasteiger charge is -2.25. The van der Waals surface area contributed by atoms with E-state index in [1.165, 1.54) is 36.1 Å². The highest BCUT2D eigenvalue weighted by Crippen LogP contribution is 2.20. The van der Waals surface area contributed by atoms with Crippen molar-refractivity contribution in [2.24, 2.45) is 0 Å². The highest BCUT2D eigenvalue weighted by atomic mass is 19.2. The third-order valence-electron chi connectivity index (χ3n) is 3.25. The van der Waals surface area contributed by atoms with Gasteiger partial charge in [-0.05, 0) is 38.1 Å². The van der Waals surface area contributed by atoms with Gasteiger partial charge in [0.25, 0.3) is 5.91 Å². The number of hydrogen-bond donors (Lipinski definition) is 0. The average Bonchev–Trinajstić information content (AvgIpc) is 2.51. The number of likely N-dealkylation sites (N-methyl/N-ethyl adjacent to an activating group) is 1. The van der Waals surface area contributed by atoms with Crippen LogP contribution in [0.3, 0.4) is 0 Å². The van der Waals surface area contributed by atoms with Gasteiger partial charge in [-0.25, -0.2) is 13.2 Å². The topological polar surface area (TPSA) is 29.5 Å². The summed E-state index contributed by atoms with van der Waals surface area (Å²) in [6.07, 6.45) is -0.912. The molecule has 2 aromatic rings. The van der Waals surface area contributed by atoms with Crippen molar-refractivity contribution in [1.82, 2.24) is 0 Å². The third-order valence-corrected chi connectivity index (χ3v) is 3.25. The van der Waals surface area contributed by atoms with Gasteiger partial charge in [0.1, 0.15) is 11.6 Å². The summed E-state index contributed by atoms with van der Waals surface area (Å²) >= 11 is 0. The highest BCUT2D eigenvalue weighted by Gasteiger charge is 2.23. The van der Waals surface area contributed by atoms with Gasteiger partial charge in [0, 0.05) is 24.4 Å². The second kappa shape index (κ2) is 7.17. The van der Waals surface area contributed by atoms with Crippen molar-refractivity contribution in [2.75, 3.05) is 11.4 Å². The van der Waals surface area contributed by atoms with E-state index < -0.39 is 29.5 Å². The fourth-order valence-corrected chi connectivity index (χ4v) is 2.13. The Balaban J connectivity index is 2.16. The quantitative estimate of drug-likeness (QED) is 0.834. The summed E-state index contributed by atoms with van der Waals surface area (Å²) in [7, 11) is 0. The van der Waals surface area contributed by atoms with E-state index in [1.54, 1.807) is 6.92 Å². The molecule has 1 amide bonds. The van der Waals surface area contributed by atoms with Crippen molar-refractivity contribution in [3.63, 3.8) is 0 Å². The van der Waals surface area contributed by atoms with E-state index in [4.69, 9.17) is 4.74 Å². The molecule has 0 aliphatic heterocycles. The lowest BCUT2D eigenvalue weighted by molar-refractivity contribution is -0.124. The van der Waals surface area contributed by atoms with Crippen LogP contribution in [0, 0.1) is 17.5 Å². The number of carbonyl (C=O) groups excluding carboxylic acids is 1. The molecule has 0 aliphatic carbocycles. The van der Waals surface area contributed by atoms with Crippen LogP contribution in [-0.4, -0.2) is 18.6 Å². The Morgan fingerprint density at radius 3 is 2.48 bits per heavy atom. The van der Waals surface area contributed by atoms with E-state index in [0.717, 1.165) is 18.2 Å². The van der Waals surface area contributed by atoms with Crippen molar-refractivity contribution < 1.29 is 22.7 Å². The van der Waals surface area contributed by atoms with Crippen molar-refractivity contribution >= 4 is 11.6 Å². The Kier molecular flexibility index (Phi) is 5.26. The predicted octanol–water partition coefficient (Wildman–Crippen LogP) is 3.92. The molecule has 122 valence electrons. The second-order valence-electron chi connectivity index (χ2n) is 4.90. The molecule has 0 heterocycles. The molecule has 3 nitrogen and oxygen atoms in total. The van der Waals surface area contributed by atoms with E-state index >= 15 is 0 Å². The average molecular weight is 323 g/mol. The van der Waals surface area contributed by atoms with Crippen LogP contribution in [0.5, 0.6) is 5.75 Å². The van der Waals surface area contributed by atoms with Gasteiger partial charge in [0.15, 0.2) is 17.7 Å². The summed E-state index contributed by atoms with van der Waals surface area (Å²) in [4.78, 5) is 13.7. The minimum absolute atomic E-state index is 0.215. The predicted molar refractivity (Wildman–Crippen MR) is 80.9 cm³/mol. The van der Waals surface area contributed by atoms with Gasteiger partial charge in [-0.1, -0.05) is 6.07 Å². The standard InChI is InChI=1S/C17H16F3NO2/c1-3-21(13-7-8-15(19)16(20)10-13)17(22)11(2)23-14-6-4-5-12(18)9-14/h4-11H,3H2,1-2H3. The molecule has 1 atom stereocenters. The number of carbonyl (C=O) groups is 1. The van der Waals surface area contributed by atoms with Gasteiger partial charge in [0.2, 0.25) is 0 Å². The first-order valence-corrected chi connectivity index (χ1v) is 7.11. The molecule has 2 rings (SSSR count). The maximum absolute atomic E-state index is 13.3. The molecule has 0 bridgehead atoms. The van der Waals surface area contributed by atoms with Crippen LogP contribution in [0.4, 0.5) is 18.9 Å². The van der Waals surface area contributed by atoms with E-state index in [0.29, 0.717) is 0 Å². The molecule has 0 N–H and O–H groups in total. The van der Waals surface area contributed by atoms with Crippen molar-refractivity contribution in [3.8, 4) is 5.75 Å². The minimum Gasteiger partial charge on any atom is -0.481 e. The first kappa shape index (κ1) is 16.9. The molecule has 2 aromatic carbocycles. The number of amides is 1.